The molecule has 0 radical (unpaired) electrons. The molecule has 1 aliphatic heterocycles. The Kier molecular flexibility index (Phi) is 4.52. The van der Waals surface area contributed by atoms with Gasteiger partial charge in [-0.3, -0.25) is 4.90 Å². The van der Waals surface area contributed by atoms with E-state index in [2.05, 4.69) is 17.1 Å². The predicted molar refractivity (Wildman–Crippen MR) is 81.0 cm³/mol. The molecule has 0 bridgehead atoms. The van der Waals surface area contributed by atoms with Crippen molar-refractivity contribution in [2.45, 2.75) is 30.7 Å². The number of anilines is 2. The van der Waals surface area contributed by atoms with Crippen molar-refractivity contribution in [3.05, 3.63) is 18.2 Å². The highest BCUT2D eigenvalue weighted by molar-refractivity contribution is 7.89. The van der Waals surface area contributed by atoms with Crippen molar-refractivity contribution in [1.82, 2.24) is 4.90 Å². The third-order valence-electron chi connectivity index (χ3n) is 3.66. The molecule has 0 saturated carbocycles. The van der Waals surface area contributed by atoms with Gasteiger partial charge < -0.3 is 11.1 Å². The largest absolute Gasteiger partial charge is 0.399 e. The van der Waals surface area contributed by atoms with Crippen molar-refractivity contribution in [3.8, 4) is 0 Å². The van der Waals surface area contributed by atoms with Gasteiger partial charge in [-0.05, 0) is 51.1 Å². The van der Waals surface area contributed by atoms with Crippen molar-refractivity contribution in [1.29, 1.82) is 0 Å². The minimum atomic E-state index is -3.78. The number of hydrogen-bond donors (Lipinski definition) is 3. The van der Waals surface area contributed by atoms with Crippen molar-refractivity contribution in [3.63, 3.8) is 0 Å². The van der Waals surface area contributed by atoms with Gasteiger partial charge in [0.1, 0.15) is 4.90 Å². The molecule has 1 fully saturated rings. The number of likely N-dealkylation sites (tertiary alicyclic amines) is 1. The number of nitrogens with two attached hydrogens (primary N) is 2. The molecule has 0 amide bonds. The summed E-state index contributed by atoms with van der Waals surface area (Å²) in [5, 5.41) is 8.39. The lowest BCUT2D eigenvalue weighted by atomic mass is 10.2. The Balaban J connectivity index is 2.09. The lowest BCUT2D eigenvalue weighted by Crippen LogP contribution is -2.35. The number of hydrogen-bond acceptors (Lipinski definition) is 5. The standard InChI is InChI=1S/C13H22N4O2S/c1-10(17-6-2-3-7-17)9-16-12-5-4-11(14)8-13(12)20(15,18)19/h4-5,8,10,16H,2-3,6-7,9,14H2,1H3,(H2,15,18,19). The van der Waals surface area contributed by atoms with Gasteiger partial charge in [0, 0.05) is 18.3 Å². The highest BCUT2D eigenvalue weighted by Crippen LogP contribution is 2.23. The third-order valence-corrected chi connectivity index (χ3v) is 4.61. The Morgan fingerprint density at radius 1 is 1.35 bits per heavy atom. The molecule has 0 aromatic heterocycles. The van der Waals surface area contributed by atoms with E-state index in [0.717, 1.165) is 13.1 Å². The summed E-state index contributed by atoms with van der Waals surface area (Å²) >= 11 is 0. The van der Waals surface area contributed by atoms with Crippen LogP contribution in [0.3, 0.4) is 0 Å². The quantitative estimate of drug-likeness (QED) is 0.698. The molecule has 1 atom stereocenters. The fourth-order valence-corrected chi connectivity index (χ4v) is 3.24. The Bertz CT molecular complexity index is 568. The van der Waals surface area contributed by atoms with Gasteiger partial charge in [0.15, 0.2) is 0 Å². The van der Waals surface area contributed by atoms with E-state index in [9.17, 15) is 8.42 Å². The molecule has 1 aromatic carbocycles. The first-order valence-corrected chi connectivity index (χ1v) is 8.33. The van der Waals surface area contributed by atoms with Crippen LogP contribution in [0.15, 0.2) is 23.1 Å². The minimum absolute atomic E-state index is 0.0473. The predicted octanol–water partition coefficient (Wildman–Crippen LogP) is 0.812. The number of rotatable bonds is 5. The topological polar surface area (TPSA) is 101 Å². The molecule has 112 valence electrons. The second kappa shape index (κ2) is 5.99. The van der Waals surface area contributed by atoms with Crippen LogP contribution in [-0.4, -0.2) is 39.0 Å². The van der Waals surface area contributed by atoms with Crippen molar-refractivity contribution < 1.29 is 8.42 Å². The fourth-order valence-electron chi connectivity index (χ4n) is 2.49. The summed E-state index contributed by atoms with van der Waals surface area (Å²) in [7, 11) is -3.78. The normalized spacial score (nSPS) is 18.1. The van der Waals surface area contributed by atoms with E-state index < -0.39 is 10.0 Å². The summed E-state index contributed by atoms with van der Waals surface area (Å²) in [4.78, 5) is 2.44. The van der Waals surface area contributed by atoms with E-state index in [-0.39, 0.29) is 4.90 Å². The van der Waals surface area contributed by atoms with Crippen LogP contribution in [0.1, 0.15) is 19.8 Å². The van der Waals surface area contributed by atoms with Crippen LogP contribution in [0.5, 0.6) is 0 Å². The molecule has 1 heterocycles. The molecule has 1 aliphatic rings. The average molecular weight is 298 g/mol. The average Bonchev–Trinajstić information content (AvgIpc) is 2.89. The molecule has 1 aromatic rings. The summed E-state index contributed by atoms with van der Waals surface area (Å²) in [5.41, 5.74) is 6.51. The zero-order valence-electron chi connectivity index (χ0n) is 11.7. The first-order valence-electron chi connectivity index (χ1n) is 6.78. The Morgan fingerprint density at radius 2 is 2.00 bits per heavy atom. The van der Waals surface area contributed by atoms with Gasteiger partial charge >= 0.3 is 0 Å². The molecule has 7 heteroatoms. The summed E-state index contributed by atoms with van der Waals surface area (Å²) in [6, 6.07) is 5.06. The molecule has 2 rings (SSSR count). The highest BCUT2D eigenvalue weighted by Gasteiger charge is 2.19. The zero-order chi connectivity index (χ0) is 14.8. The number of sulfonamides is 1. The monoisotopic (exact) mass is 298 g/mol. The zero-order valence-corrected chi connectivity index (χ0v) is 12.5. The van der Waals surface area contributed by atoms with Crippen LogP contribution >= 0.6 is 0 Å². The van der Waals surface area contributed by atoms with Crippen LogP contribution in [0.25, 0.3) is 0 Å². The molecule has 5 N–H and O–H groups in total. The van der Waals surface area contributed by atoms with Gasteiger partial charge in [-0.25, -0.2) is 13.6 Å². The van der Waals surface area contributed by atoms with E-state index >= 15 is 0 Å². The van der Waals surface area contributed by atoms with Gasteiger partial charge in [-0.15, -0.1) is 0 Å². The summed E-state index contributed by atoms with van der Waals surface area (Å²) in [5.74, 6) is 0. The van der Waals surface area contributed by atoms with E-state index in [4.69, 9.17) is 10.9 Å². The second-order valence-electron chi connectivity index (χ2n) is 5.27. The first kappa shape index (κ1) is 15.1. The maximum absolute atomic E-state index is 11.6. The number of nitrogens with one attached hydrogen (secondary N) is 1. The summed E-state index contributed by atoms with van der Waals surface area (Å²) in [6.07, 6.45) is 2.46. The lowest BCUT2D eigenvalue weighted by Gasteiger charge is -2.24. The van der Waals surface area contributed by atoms with Crippen LogP contribution < -0.4 is 16.2 Å². The maximum atomic E-state index is 11.6. The van der Waals surface area contributed by atoms with Gasteiger partial charge in [-0.2, -0.15) is 0 Å². The number of primary sulfonamides is 1. The summed E-state index contributed by atoms with van der Waals surface area (Å²) in [6.45, 7) is 5.01. The van der Waals surface area contributed by atoms with Gasteiger partial charge in [0.25, 0.3) is 0 Å². The van der Waals surface area contributed by atoms with Crippen molar-refractivity contribution in [2.24, 2.45) is 5.14 Å². The molecular formula is C13H22N4O2S. The highest BCUT2D eigenvalue weighted by atomic mass is 32.2. The summed E-state index contributed by atoms with van der Waals surface area (Å²) < 4.78 is 23.2. The van der Waals surface area contributed by atoms with Gasteiger partial charge in [0.05, 0.1) is 5.69 Å². The second-order valence-corrected chi connectivity index (χ2v) is 6.80. The Morgan fingerprint density at radius 3 is 2.60 bits per heavy atom. The van der Waals surface area contributed by atoms with Crippen molar-refractivity contribution in [2.75, 3.05) is 30.7 Å². The van der Waals surface area contributed by atoms with Crippen molar-refractivity contribution >= 4 is 21.4 Å². The van der Waals surface area contributed by atoms with Crippen LogP contribution in [0, 0.1) is 0 Å². The van der Waals surface area contributed by atoms with Gasteiger partial charge in [-0.1, -0.05) is 0 Å². The van der Waals surface area contributed by atoms with E-state index in [1.807, 2.05) is 0 Å². The molecule has 0 aliphatic carbocycles. The fraction of sp³-hybridized carbons (Fsp3) is 0.538. The molecule has 0 spiro atoms. The maximum Gasteiger partial charge on any atom is 0.240 e. The third kappa shape index (κ3) is 3.62. The number of benzene rings is 1. The molecule has 1 unspecified atom stereocenters. The van der Waals surface area contributed by atoms with Crippen LogP contribution in [0.4, 0.5) is 11.4 Å². The van der Waals surface area contributed by atoms with E-state index in [1.165, 1.54) is 18.9 Å². The minimum Gasteiger partial charge on any atom is -0.399 e. The van der Waals surface area contributed by atoms with E-state index in [0.29, 0.717) is 24.0 Å². The van der Waals surface area contributed by atoms with Crippen LogP contribution in [-0.2, 0) is 10.0 Å². The molecular weight excluding hydrogens is 276 g/mol. The molecule has 20 heavy (non-hydrogen) atoms. The molecule has 1 saturated heterocycles. The molecule has 6 nitrogen and oxygen atoms in total. The van der Waals surface area contributed by atoms with E-state index in [1.54, 1.807) is 12.1 Å². The Labute approximate surface area is 120 Å². The number of nitrogen functional groups attached to an aromatic ring is 1. The number of nitrogens with zero attached hydrogens (tertiary/aromatic N) is 1. The smallest absolute Gasteiger partial charge is 0.240 e. The first-order chi connectivity index (χ1) is 9.38. The van der Waals surface area contributed by atoms with Crippen LogP contribution in [0.2, 0.25) is 0 Å². The van der Waals surface area contributed by atoms with Gasteiger partial charge in [0.2, 0.25) is 10.0 Å². The SMILES string of the molecule is CC(CNc1ccc(N)cc1S(N)(=O)=O)N1CCCC1. The Hall–Kier alpha value is -1.31. The lowest BCUT2D eigenvalue weighted by molar-refractivity contribution is 0.269.